The standard InChI is InChI=1S/C17H23N3O6S/c1-12-10-19(11-13(2)26-12)16-9-14(20(22)23)3-4-15(16)17(21)18-5-7-27(24,25)8-6-18/h3-4,9,12-13H,5-8,10-11H2,1-2H3/t12-,13-/m0/s1. The van der Waals surface area contributed by atoms with Crippen molar-refractivity contribution in [2.75, 3.05) is 42.6 Å². The minimum Gasteiger partial charge on any atom is -0.372 e. The Morgan fingerprint density at radius 1 is 1.19 bits per heavy atom. The number of anilines is 1. The zero-order valence-corrected chi connectivity index (χ0v) is 16.1. The van der Waals surface area contributed by atoms with Crippen LogP contribution in [0.15, 0.2) is 18.2 Å². The normalized spacial score (nSPS) is 25.3. The van der Waals surface area contributed by atoms with E-state index < -0.39 is 14.8 Å². The number of amides is 1. The van der Waals surface area contributed by atoms with Gasteiger partial charge in [0.2, 0.25) is 0 Å². The van der Waals surface area contributed by atoms with Crippen LogP contribution in [0.5, 0.6) is 0 Å². The van der Waals surface area contributed by atoms with Gasteiger partial charge in [-0.2, -0.15) is 0 Å². The van der Waals surface area contributed by atoms with E-state index in [1.54, 1.807) is 0 Å². The fourth-order valence-electron chi connectivity index (χ4n) is 3.54. The van der Waals surface area contributed by atoms with Gasteiger partial charge in [-0.1, -0.05) is 0 Å². The number of carbonyl (C=O) groups excluding carboxylic acids is 1. The van der Waals surface area contributed by atoms with Crippen LogP contribution in [-0.4, -0.2) is 74.0 Å². The fourth-order valence-corrected chi connectivity index (χ4v) is 4.74. The van der Waals surface area contributed by atoms with Gasteiger partial charge in [0.1, 0.15) is 0 Å². The third kappa shape index (κ3) is 4.38. The number of hydrogen-bond donors (Lipinski definition) is 0. The summed E-state index contributed by atoms with van der Waals surface area (Å²) in [6.07, 6.45) is -0.146. The summed E-state index contributed by atoms with van der Waals surface area (Å²) in [5.74, 6) is -0.430. The molecular weight excluding hydrogens is 374 g/mol. The first kappa shape index (κ1) is 19.6. The molecule has 2 atom stereocenters. The van der Waals surface area contributed by atoms with Gasteiger partial charge in [-0.15, -0.1) is 0 Å². The predicted octanol–water partition coefficient (Wildman–Crippen LogP) is 1.08. The van der Waals surface area contributed by atoms with E-state index in [2.05, 4.69) is 0 Å². The third-order valence-electron chi connectivity index (χ3n) is 4.81. The zero-order chi connectivity index (χ0) is 19.8. The minimum atomic E-state index is -3.10. The second kappa shape index (κ2) is 7.43. The Morgan fingerprint density at radius 3 is 2.33 bits per heavy atom. The number of benzene rings is 1. The number of nitro groups is 1. The second-order valence-electron chi connectivity index (χ2n) is 7.06. The van der Waals surface area contributed by atoms with E-state index in [9.17, 15) is 23.3 Å². The summed E-state index contributed by atoms with van der Waals surface area (Å²) in [5, 5.41) is 11.2. The molecule has 2 saturated heterocycles. The van der Waals surface area contributed by atoms with Crippen LogP contribution in [0.2, 0.25) is 0 Å². The SMILES string of the molecule is C[C@H]1CN(c2cc([N+](=O)[O-])ccc2C(=O)N2CCS(=O)(=O)CC2)C[C@H](C)O1. The molecule has 0 unspecified atom stereocenters. The smallest absolute Gasteiger partial charge is 0.271 e. The van der Waals surface area contributed by atoms with Gasteiger partial charge in [0, 0.05) is 38.3 Å². The monoisotopic (exact) mass is 397 g/mol. The van der Waals surface area contributed by atoms with Gasteiger partial charge in [0.15, 0.2) is 9.84 Å². The molecule has 0 spiro atoms. The maximum Gasteiger partial charge on any atom is 0.271 e. The van der Waals surface area contributed by atoms with Crippen molar-refractivity contribution in [2.24, 2.45) is 0 Å². The van der Waals surface area contributed by atoms with Crippen molar-refractivity contribution in [3.05, 3.63) is 33.9 Å². The number of rotatable bonds is 3. The average Bonchev–Trinajstić information content (AvgIpc) is 2.59. The summed E-state index contributed by atoms with van der Waals surface area (Å²) >= 11 is 0. The van der Waals surface area contributed by atoms with Crippen molar-refractivity contribution in [1.29, 1.82) is 0 Å². The number of hydrogen-bond acceptors (Lipinski definition) is 7. The van der Waals surface area contributed by atoms with Crippen molar-refractivity contribution in [3.63, 3.8) is 0 Å². The molecule has 1 aromatic rings. The molecule has 0 bridgehead atoms. The van der Waals surface area contributed by atoms with Crippen LogP contribution in [0.25, 0.3) is 0 Å². The molecule has 1 aromatic carbocycles. The minimum absolute atomic E-state index is 0.0628. The molecule has 0 N–H and O–H groups in total. The molecule has 0 saturated carbocycles. The van der Waals surface area contributed by atoms with Gasteiger partial charge in [0.25, 0.3) is 11.6 Å². The maximum atomic E-state index is 13.0. The molecule has 2 aliphatic rings. The lowest BCUT2D eigenvalue weighted by Crippen LogP contribution is -2.47. The number of carbonyl (C=O) groups is 1. The first-order valence-corrected chi connectivity index (χ1v) is 10.7. The first-order chi connectivity index (χ1) is 12.7. The number of non-ortho nitro benzene ring substituents is 1. The summed E-state index contributed by atoms with van der Waals surface area (Å²) in [7, 11) is -3.10. The van der Waals surface area contributed by atoms with E-state index in [4.69, 9.17) is 4.74 Å². The molecular formula is C17H23N3O6S. The van der Waals surface area contributed by atoms with Crippen LogP contribution in [0.1, 0.15) is 24.2 Å². The van der Waals surface area contributed by atoms with Crippen LogP contribution >= 0.6 is 0 Å². The number of nitro benzene ring substituents is 1. The Bertz CT molecular complexity index is 832. The number of ether oxygens (including phenoxy) is 1. The third-order valence-corrected chi connectivity index (χ3v) is 6.42. The maximum absolute atomic E-state index is 13.0. The van der Waals surface area contributed by atoms with Crippen molar-refractivity contribution in [2.45, 2.75) is 26.1 Å². The lowest BCUT2D eigenvalue weighted by atomic mass is 10.1. The molecule has 3 rings (SSSR count). The quantitative estimate of drug-likeness (QED) is 0.554. The van der Waals surface area contributed by atoms with E-state index in [0.717, 1.165) is 0 Å². The summed E-state index contributed by atoms with van der Waals surface area (Å²) < 4.78 is 29.0. The van der Waals surface area contributed by atoms with Crippen LogP contribution < -0.4 is 4.90 Å². The van der Waals surface area contributed by atoms with E-state index >= 15 is 0 Å². The number of nitrogens with zero attached hydrogens (tertiary/aromatic N) is 3. The van der Waals surface area contributed by atoms with Crippen molar-refractivity contribution in [3.8, 4) is 0 Å². The highest BCUT2D eigenvalue weighted by Crippen LogP contribution is 2.30. The van der Waals surface area contributed by atoms with Gasteiger partial charge in [-0.05, 0) is 19.9 Å². The molecule has 10 heteroatoms. The lowest BCUT2D eigenvalue weighted by Gasteiger charge is -2.38. The molecule has 2 aliphatic heterocycles. The Balaban J connectivity index is 1.94. The van der Waals surface area contributed by atoms with Gasteiger partial charge < -0.3 is 14.5 Å². The fraction of sp³-hybridized carbons (Fsp3) is 0.588. The predicted molar refractivity (Wildman–Crippen MR) is 99.9 cm³/mol. The molecule has 148 valence electrons. The molecule has 0 aliphatic carbocycles. The molecule has 27 heavy (non-hydrogen) atoms. The number of morpholine rings is 1. The van der Waals surface area contributed by atoms with Gasteiger partial charge in [0.05, 0.1) is 39.9 Å². The summed E-state index contributed by atoms with van der Waals surface area (Å²) in [6.45, 7) is 5.12. The van der Waals surface area contributed by atoms with Crippen molar-refractivity contribution >= 4 is 27.1 Å². The summed E-state index contributed by atoms with van der Waals surface area (Å²) in [4.78, 5) is 27.2. The Morgan fingerprint density at radius 2 is 1.78 bits per heavy atom. The zero-order valence-electron chi connectivity index (χ0n) is 15.3. The van der Waals surface area contributed by atoms with E-state index in [1.807, 2.05) is 18.7 Å². The van der Waals surface area contributed by atoms with E-state index in [0.29, 0.717) is 24.3 Å². The van der Waals surface area contributed by atoms with Gasteiger partial charge in [-0.25, -0.2) is 8.42 Å². The average molecular weight is 397 g/mol. The van der Waals surface area contributed by atoms with Crippen LogP contribution in [0, 0.1) is 10.1 Å². The topological polar surface area (TPSA) is 110 Å². The van der Waals surface area contributed by atoms with Crippen LogP contribution in [0.3, 0.4) is 0 Å². The van der Waals surface area contributed by atoms with E-state index in [-0.39, 0.29) is 48.4 Å². The molecule has 9 nitrogen and oxygen atoms in total. The summed E-state index contributed by atoms with van der Waals surface area (Å²) in [5.41, 5.74) is 0.750. The Hall–Kier alpha value is -2.20. The van der Waals surface area contributed by atoms with Crippen LogP contribution in [-0.2, 0) is 14.6 Å². The molecule has 2 heterocycles. The second-order valence-corrected chi connectivity index (χ2v) is 9.37. The van der Waals surface area contributed by atoms with Crippen molar-refractivity contribution in [1.82, 2.24) is 4.90 Å². The molecule has 2 fully saturated rings. The van der Waals surface area contributed by atoms with Crippen LogP contribution in [0.4, 0.5) is 11.4 Å². The molecule has 0 radical (unpaired) electrons. The highest BCUT2D eigenvalue weighted by Gasteiger charge is 2.31. The largest absolute Gasteiger partial charge is 0.372 e. The van der Waals surface area contributed by atoms with Gasteiger partial charge in [-0.3, -0.25) is 14.9 Å². The Kier molecular flexibility index (Phi) is 5.38. The van der Waals surface area contributed by atoms with Crippen molar-refractivity contribution < 1.29 is 22.9 Å². The van der Waals surface area contributed by atoms with E-state index in [1.165, 1.54) is 23.1 Å². The molecule has 1 amide bonds. The highest BCUT2D eigenvalue weighted by atomic mass is 32.2. The first-order valence-electron chi connectivity index (χ1n) is 8.85. The molecule has 0 aromatic heterocycles. The number of sulfone groups is 1. The Labute approximate surface area is 158 Å². The summed E-state index contributed by atoms with van der Waals surface area (Å²) in [6, 6.07) is 4.19. The van der Waals surface area contributed by atoms with Gasteiger partial charge >= 0.3 is 0 Å². The lowest BCUT2D eigenvalue weighted by molar-refractivity contribution is -0.384. The highest BCUT2D eigenvalue weighted by molar-refractivity contribution is 7.91.